The van der Waals surface area contributed by atoms with Gasteiger partial charge in [0.05, 0.1) is 10.6 Å². The third kappa shape index (κ3) is 3.51. The average Bonchev–Trinajstić information content (AvgIpc) is 3.36. The molecule has 2 aromatic heterocycles. The fraction of sp³-hybridized carbons (Fsp3) is 0.412. The van der Waals surface area contributed by atoms with Crippen LogP contribution in [0.25, 0.3) is 0 Å². The molecule has 1 aliphatic carbocycles. The fourth-order valence-electron chi connectivity index (χ4n) is 3.03. The molecule has 2 aliphatic rings. The van der Waals surface area contributed by atoms with E-state index in [-0.39, 0.29) is 11.6 Å². The van der Waals surface area contributed by atoms with E-state index in [0.29, 0.717) is 16.8 Å². The van der Waals surface area contributed by atoms with Gasteiger partial charge in [-0.05, 0) is 31.4 Å². The van der Waals surface area contributed by atoms with Gasteiger partial charge < -0.3 is 15.3 Å². The predicted octanol–water partition coefficient (Wildman–Crippen LogP) is 2.79. The molecule has 25 heavy (non-hydrogen) atoms. The summed E-state index contributed by atoms with van der Waals surface area (Å²) in [7, 11) is 0. The maximum atomic E-state index is 10.9. The first-order chi connectivity index (χ1) is 12.1. The van der Waals surface area contributed by atoms with Crippen molar-refractivity contribution in [2.75, 3.05) is 23.3 Å². The number of hydrogen-bond donors (Lipinski definition) is 2. The van der Waals surface area contributed by atoms with Gasteiger partial charge in [-0.1, -0.05) is 11.6 Å². The Morgan fingerprint density at radius 1 is 1.32 bits per heavy atom. The molecule has 1 saturated carbocycles. The van der Waals surface area contributed by atoms with Crippen LogP contribution in [0.4, 0.5) is 11.8 Å². The summed E-state index contributed by atoms with van der Waals surface area (Å²) in [4.78, 5) is 26.3. The van der Waals surface area contributed by atoms with Gasteiger partial charge in [0.25, 0.3) is 0 Å². The molecular weight excluding hydrogens is 342 g/mol. The predicted molar refractivity (Wildman–Crippen MR) is 94.5 cm³/mol. The number of halogens is 1. The minimum absolute atomic E-state index is 0.0777. The highest BCUT2D eigenvalue weighted by Gasteiger charge is 2.28. The lowest BCUT2D eigenvalue weighted by atomic mass is 10.2. The summed E-state index contributed by atoms with van der Waals surface area (Å²) >= 11 is 6.14. The Bertz CT molecular complexity index is 811. The van der Waals surface area contributed by atoms with Crippen molar-refractivity contribution in [2.24, 2.45) is 0 Å². The Hall–Kier alpha value is -2.41. The smallest absolute Gasteiger partial charge is 0.337 e. The van der Waals surface area contributed by atoms with Gasteiger partial charge in [-0.2, -0.15) is 0 Å². The number of carboxylic acid groups (broad SMARTS) is 1. The van der Waals surface area contributed by atoms with Crippen LogP contribution >= 0.6 is 11.6 Å². The van der Waals surface area contributed by atoms with Gasteiger partial charge in [0.15, 0.2) is 0 Å². The number of aromatic nitrogens is 3. The number of anilines is 2. The van der Waals surface area contributed by atoms with E-state index in [1.807, 2.05) is 12.3 Å². The topological polar surface area (TPSA) is 91.2 Å². The van der Waals surface area contributed by atoms with Gasteiger partial charge in [-0.25, -0.2) is 19.7 Å². The molecule has 2 fully saturated rings. The molecule has 1 saturated heterocycles. The summed E-state index contributed by atoms with van der Waals surface area (Å²) in [6.07, 6.45) is 6.50. The Morgan fingerprint density at radius 3 is 2.88 bits per heavy atom. The van der Waals surface area contributed by atoms with Crippen LogP contribution in [-0.2, 0) is 0 Å². The zero-order valence-corrected chi connectivity index (χ0v) is 14.3. The van der Waals surface area contributed by atoms with Gasteiger partial charge in [0, 0.05) is 43.1 Å². The van der Waals surface area contributed by atoms with Gasteiger partial charge in [0.2, 0.25) is 5.95 Å². The first-order valence-electron chi connectivity index (χ1n) is 8.33. The minimum Gasteiger partial charge on any atom is -0.478 e. The lowest BCUT2D eigenvalue weighted by molar-refractivity contribution is 0.0696. The first kappa shape index (κ1) is 16.1. The zero-order chi connectivity index (χ0) is 17.4. The molecule has 1 atom stereocenters. The van der Waals surface area contributed by atoms with E-state index in [2.05, 4.69) is 25.2 Å². The maximum absolute atomic E-state index is 10.9. The maximum Gasteiger partial charge on any atom is 0.337 e. The second kappa shape index (κ2) is 6.48. The van der Waals surface area contributed by atoms with Crippen molar-refractivity contribution >= 4 is 29.3 Å². The third-order valence-corrected chi connectivity index (χ3v) is 4.85. The molecule has 1 unspecified atom stereocenters. The lowest BCUT2D eigenvalue weighted by Gasteiger charge is -2.18. The normalized spacial score (nSPS) is 19.9. The molecule has 0 amide bonds. The Kier molecular flexibility index (Phi) is 4.17. The molecule has 0 aromatic carbocycles. The van der Waals surface area contributed by atoms with Crippen molar-refractivity contribution in [1.29, 1.82) is 0 Å². The molecule has 8 heteroatoms. The van der Waals surface area contributed by atoms with Gasteiger partial charge in [-0.15, -0.1) is 0 Å². The minimum atomic E-state index is -1.04. The monoisotopic (exact) mass is 359 g/mol. The van der Waals surface area contributed by atoms with Crippen molar-refractivity contribution in [3.8, 4) is 0 Å². The fourth-order valence-corrected chi connectivity index (χ4v) is 3.26. The van der Waals surface area contributed by atoms with Crippen LogP contribution in [0, 0.1) is 0 Å². The number of pyridine rings is 1. The SMILES string of the molecule is O=C(O)c1cnc(NC2CCN(c3nccc(C4CC4)n3)C2)c(Cl)c1. The molecule has 1 aliphatic heterocycles. The highest BCUT2D eigenvalue weighted by molar-refractivity contribution is 6.33. The van der Waals surface area contributed by atoms with Crippen LogP contribution in [0.1, 0.15) is 41.2 Å². The van der Waals surface area contributed by atoms with Crippen LogP contribution in [0.15, 0.2) is 24.5 Å². The van der Waals surface area contributed by atoms with Crippen LogP contribution in [-0.4, -0.2) is 45.2 Å². The molecule has 4 rings (SSSR count). The molecule has 3 heterocycles. The highest BCUT2D eigenvalue weighted by atomic mass is 35.5. The number of rotatable bonds is 5. The molecular formula is C17H18ClN5O2. The summed E-state index contributed by atoms with van der Waals surface area (Å²) in [5.41, 5.74) is 1.21. The summed E-state index contributed by atoms with van der Waals surface area (Å²) < 4.78 is 0. The number of nitrogens with zero attached hydrogens (tertiary/aromatic N) is 4. The molecule has 7 nitrogen and oxygen atoms in total. The Balaban J connectivity index is 1.42. The third-order valence-electron chi connectivity index (χ3n) is 4.56. The summed E-state index contributed by atoms with van der Waals surface area (Å²) in [6.45, 7) is 1.61. The standard InChI is InChI=1S/C17H18ClN5O2/c18-13-7-11(16(24)25)8-20-15(13)21-12-4-6-23(9-12)17-19-5-3-14(22-17)10-1-2-10/h3,5,7-8,10,12H,1-2,4,6,9H2,(H,20,21)(H,24,25). The number of nitrogens with one attached hydrogen (secondary N) is 1. The zero-order valence-electron chi connectivity index (χ0n) is 13.5. The van der Waals surface area contributed by atoms with E-state index < -0.39 is 5.97 Å². The molecule has 2 N–H and O–H groups in total. The highest BCUT2D eigenvalue weighted by Crippen LogP contribution is 2.39. The first-order valence-corrected chi connectivity index (χ1v) is 8.71. The lowest BCUT2D eigenvalue weighted by Crippen LogP contribution is -2.27. The summed E-state index contributed by atoms with van der Waals surface area (Å²) in [6, 6.07) is 3.57. The van der Waals surface area contributed by atoms with E-state index in [1.165, 1.54) is 25.1 Å². The van der Waals surface area contributed by atoms with E-state index in [1.54, 1.807) is 0 Å². The van der Waals surface area contributed by atoms with Gasteiger partial charge in [-0.3, -0.25) is 0 Å². The largest absolute Gasteiger partial charge is 0.478 e. The number of carbonyl (C=O) groups is 1. The van der Waals surface area contributed by atoms with Crippen molar-refractivity contribution in [1.82, 2.24) is 15.0 Å². The van der Waals surface area contributed by atoms with Crippen LogP contribution < -0.4 is 10.2 Å². The van der Waals surface area contributed by atoms with Crippen molar-refractivity contribution in [3.63, 3.8) is 0 Å². The van der Waals surface area contributed by atoms with Crippen LogP contribution in [0.5, 0.6) is 0 Å². The molecule has 130 valence electrons. The van der Waals surface area contributed by atoms with E-state index in [0.717, 1.165) is 31.2 Å². The number of carboxylic acids is 1. The number of hydrogen-bond acceptors (Lipinski definition) is 6. The van der Waals surface area contributed by atoms with Gasteiger partial charge in [0.1, 0.15) is 5.82 Å². The van der Waals surface area contributed by atoms with E-state index >= 15 is 0 Å². The van der Waals surface area contributed by atoms with E-state index in [4.69, 9.17) is 16.7 Å². The molecule has 0 radical (unpaired) electrons. The summed E-state index contributed by atoms with van der Waals surface area (Å²) in [5.74, 6) is 0.842. The van der Waals surface area contributed by atoms with Crippen molar-refractivity contribution < 1.29 is 9.90 Å². The second-order valence-electron chi connectivity index (χ2n) is 6.49. The Labute approximate surface area is 150 Å². The summed E-state index contributed by atoms with van der Waals surface area (Å²) in [5, 5.41) is 12.6. The van der Waals surface area contributed by atoms with Gasteiger partial charge >= 0.3 is 5.97 Å². The molecule has 0 spiro atoms. The molecule has 2 aromatic rings. The second-order valence-corrected chi connectivity index (χ2v) is 6.90. The number of aromatic carboxylic acids is 1. The average molecular weight is 360 g/mol. The van der Waals surface area contributed by atoms with Crippen molar-refractivity contribution in [2.45, 2.75) is 31.2 Å². The van der Waals surface area contributed by atoms with Crippen LogP contribution in [0.2, 0.25) is 5.02 Å². The van der Waals surface area contributed by atoms with Crippen LogP contribution in [0.3, 0.4) is 0 Å². The molecule has 0 bridgehead atoms. The quantitative estimate of drug-likeness (QED) is 0.848. The van der Waals surface area contributed by atoms with Crippen molar-refractivity contribution in [3.05, 3.63) is 40.8 Å². The Morgan fingerprint density at radius 2 is 2.16 bits per heavy atom. The van der Waals surface area contributed by atoms with E-state index in [9.17, 15) is 4.79 Å².